The van der Waals surface area contributed by atoms with E-state index < -0.39 is 0 Å². The van der Waals surface area contributed by atoms with Gasteiger partial charge in [-0.1, -0.05) is 18.5 Å². The second-order valence-electron chi connectivity index (χ2n) is 4.20. The number of benzene rings is 1. The van der Waals surface area contributed by atoms with E-state index in [0.29, 0.717) is 23.0 Å². The molecule has 0 spiro atoms. The maximum absolute atomic E-state index is 12.0. The van der Waals surface area contributed by atoms with Gasteiger partial charge >= 0.3 is 0 Å². The van der Waals surface area contributed by atoms with Crippen LogP contribution in [0.25, 0.3) is 0 Å². The zero-order valence-electron chi connectivity index (χ0n) is 10.5. The van der Waals surface area contributed by atoms with Crippen molar-refractivity contribution in [2.45, 2.75) is 19.4 Å². The van der Waals surface area contributed by atoms with Crippen molar-refractivity contribution < 1.29 is 14.3 Å². The summed E-state index contributed by atoms with van der Waals surface area (Å²) in [4.78, 5) is 13.7. The number of anilines is 1. The highest BCUT2D eigenvalue weighted by Crippen LogP contribution is 2.36. The third kappa shape index (κ3) is 2.60. The van der Waals surface area contributed by atoms with Gasteiger partial charge in [-0.2, -0.15) is 0 Å². The molecule has 2 rings (SSSR count). The predicted octanol–water partition coefficient (Wildman–Crippen LogP) is 2.49. The lowest BCUT2D eigenvalue weighted by Crippen LogP contribution is -2.44. The summed E-state index contributed by atoms with van der Waals surface area (Å²) in [5.74, 6) is 0.615. The van der Waals surface area contributed by atoms with Gasteiger partial charge in [-0.15, -0.1) is 0 Å². The maximum Gasteiger partial charge on any atom is 0.253 e. The van der Waals surface area contributed by atoms with Gasteiger partial charge in [-0.25, -0.2) is 0 Å². The number of ether oxygens (including phenoxy) is 2. The Labute approximate surface area is 111 Å². The molecule has 98 valence electrons. The second-order valence-corrected chi connectivity index (χ2v) is 4.63. The number of hydrogen-bond donors (Lipinski definition) is 0. The molecule has 0 radical (unpaired) electrons. The lowest BCUT2D eigenvalue weighted by Gasteiger charge is -2.34. The van der Waals surface area contributed by atoms with Gasteiger partial charge in [0.2, 0.25) is 0 Å². The van der Waals surface area contributed by atoms with E-state index in [9.17, 15) is 4.79 Å². The molecule has 1 aliphatic heterocycles. The highest BCUT2D eigenvalue weighted by Gasteiger charge is 2.28. The van der Waals surface area contributed by atoms with Crippen LogP contribution < -0.4 is 9.64 Å². The van der Waals surface area contributed by atoms with Gasteiger partial charge in [0.1, 0.15) is 18.5 Å². The van der Waals surface area contributed by atoms with Crippen molar-refractivity contribution in [3.8, 4) is 5.75 Å². The summed E-state index contributed by atoms with van der Waals surface area (Å²) >= 11 is 5.97. The number of carbonyl (C=O) groups excluding carboxylic acids is 1. The first-order valence-corrected chi connectivity index (χ1v) is 6.29. The summed E-state index contributed by atoms with van der Waals surface area (Å²) in [5, 5.41) is 0.586. The predicted molar refractivity (Wildman–Crippen MR) is 70.4 cm³/mol. The fourth-order valence-corrected chi connectivity index (χ4v) is 2.14. The standard InChI is InChI=1S/C13H16ClNO3/c1-3-10-7-15(13(16)8-17-2)11-6-9(14)4-5-12(11)18-10/h4-6,10H,3,7-8H2,1-2H3/t10-/m0/s1. The molecule has 0 N–H and O–H groups in total. The molecule has 0 fully saturated rings. The van der Waals surface area contributed by atoms with Gasteiger partial charge in [-0.05, 0) is 24.6 Å². The summed E-state index contributed by atoms with van der Waals surface area (Å²) in [5.41, 5.74) is 0.717. The summed E-state index contributed by atoms with van der Waals surface area (Å²) < 4.78 is 10.7. The number of halogens is 1. The van der Waals surface area contributed by atoms with Crippen molar-refractivity contribution >= 4 is 23.2 Å². The van der Waals surface area contributed by atoms with Crippen LogP contribution in [-0.4, -0.2) is 32.3 Å². The number of hydrogen-bond acceptors (Lipinski definition) is 3. The molecular formula is C13H16ClNO3. The van der Waals surface area contributed by atoms with Crippen molar-refractivity contribution in [3.63, 3.8) is 0 Å². The molecule has 0 bridgehead atoms. The number of carbonyl (C=O) groups is 1. The Kier molecular flexibility index (Phi) is 4.09. The van der Waals surface area contributed by atoms with Crippen LogP contribution >= 0.6 is 11.6 Å². The molecule has 5 heteroatoms. The van der Waals surface area contributed by atoms with E-state index in [1.165, 1.54) is 7.11 Å². The van der Waals surface area contributed by atoms with Crippen LogP contribution in [0.2, 0.25) is 5.02 Å². The van der Waals surface area contributed by atoms with Crippen LogP contribution in [0.15, 0.2) is 18.2 Å². The first-order valence-electron chi connectivity index (χ1n) is 5.91. The van der Waals surface area contributed by atoms with E-state index in [1.54, 1.807) is 23.1 Å². The van der Waals surface area contributed by atoms with Gasteiger partial charge < -0.3 is 14.4 Å². The van der Waals surface area contributed by atoms with E-state index in [0.717, 1.165) is 6.42 Å². The van der Waals surface area contributed by atoms with Crippen molar-refractivity contribution in [1.29, 1.82) is 0 Å². The fraction of sp³-hybridized carbons (Fsp3) is 0.462. The Balaban J connectivity index is 2.34. The highest BCUT2D eigenvalue weighted by atomic mass is 35.5. The molecular weight excluding hydrogens is 254 g/mol. The molecule has 4 nitrogen and oxygen atoms in total. The molecule has 0 aromatic heterocycles. The van der Waals surface area contributed by atoms with E-state index in [2.05, 4.69) is 0 Å². The largest absolute Gasteiger partial charge is 0.486 e. The monoisotopic (exact) mass is 269 g/mol. The normalized spacial score (nSPS) is 18.2. The third-order valence-corrected chi connectivity index (χ3v) is 3.15. The number of methoxy groups -OCH3 is 1. The van der Waals surface area contributed by atoms with Gasteiger partial charge in [0.25, 0.3) is 5.91 Å². The van der Waals surface area contributed by atoms with Crippen molar-refractivity contribution in [3.05, 3.63) is 23.2 Å². The van der Waals surface area contributed by atoms with Crippen molar-refractivity contribution in [1.82, 2.24) is 0 Å². The first-order chi connectivity index (χ1) is 8.65. The zero-order valence-corrected chi connectivity index (χ0v) is 11.2. The quantitative estimate of drug-likeness (QED) is 0.846. The molecule has 1 aromatic carbocycles. The number of fused-ring (bicyclic) bond motifs is 1. The molecule has 0 saturated carbocycles. The highest BCUT2D eigenvalue weighted by molar-refractivity contribution is 6.31. The molecule has 18 heavy (non-hydrogen) atoms. The summed E-state index contributed by atoms with van der Waals surface area (Å²) in [6, 6.07) is 5.31. The number of amides is 1. The molecule has 0 saturated heterocycles. The smallest absolute Gasteiger partial charge is 0.253 e. The van der Waals surface area contributed by atoms with Crippen LogP contribution in [0.1, 0.15) is 13.3 Å². The van der Waals surface area contributed by atoms with Crippen LogP contribution in [-0.2, 0) is 9.53 Å². The van der Waals surface area contributed by atoms with Crippen LogP contribution in [0.4, 0.5) is 5.69 Å². The minimum atomic E-state index is -0.0808. The van der Waals surface area contributed by atoms with Crippen LogP contribution in [0.3, 0.4) is 0 Å². The SMILES string of the molecule is CC[C@H]1CN(C(=O)COC)c2cc(Cl)ccc2O1. The Morgan fingerprint density at radius 3 is 3.06 bits per heavy atom. The topological polar surface area (TPSA) is 38.8 Å². The van der Waals surface area contributed by atoms with Crippen LogP contribution in [0, 0.1) is 0 Å². The lowest BCUT2D eigenvalue weighted by atomic mass is 10.1. The van der Waals surface area contributed by atoms with E-state index in [-0.39, 0.29) is 18.6 Å². The molecule has 1 atom stereocenters. The van der Waals surface area contributed by atoms with Gasteiger partial charge in [0.15, 0.2) is 0 Å². The fourth-order valence-electron chi connectivity index (χ4n) is 1.97. The first kappa shape index (κ1) is 13.2. The minimum Gasteiger partial charge on any atom is -0.486 e. The maximum atomic E-state index is 12.0. The molecule has 1 aromatic rings. The minimum absolute atomic E-state index is 0.0134. The van der Waals surface area contributed by atoms with Gasteiger partial charge in [0.05, 0.1) is 12.2 Å². The second kappa shape index (κ2) is 5.59. The van der Waals surface area contributed by atoms with Crippen molar-refractivity contribution in [2.24, 2.45) is 0 Å². The number of rotatable bonds is 3. The molecule has 1 amide bonds. The molecule has 0 unspecified atom stereocenters. The average Bonchev–Trinajstić information content (AvgIpc) is 2.37. The Morgan fingerprint density at radius 2 is 2.39 bits per heavy atom. The van der Waals surface area contributed by atoms with Gasteiger partial charge in [0, 0.05) is 12.1 Å². The van der Waals surface area contributed by atoms with E-state index in [1.807, 2.05) is 6.92 Å². The summed E-state index contributed by atoms with van der Waals surface area (Å²) in [6.45, 7) is 2.62. The van der Waals surface area contributed by atoms with Crippen molar-refractivity contribution in [2.75, 3.05) is 25.2 Å². The summed E-state index contributed by atoms with van der Waals surface area (Å²) in [7, 11) is 1.51. The summed E-state index contributed by atoms with van der Waals surface area (Å²) in [6.07, 6.45) is 0.859. The van der Waals surface area contributed by atoms with Gasteiger partial charge in [-0.3, -0.25) is 4.79 Å². The average molecular weight is 270 g/mol. The van der Waals surface area contributed by atoms with E-state index in [4.69, 9.17) is 21.1 Å². The van der Waals surface area contributed by atoms with Crippen LogP contribution in [0.5, 0.6) is 5.75 Å². The molecule has 0 aliphatic carbocycles. The third-order valence-electron chi connectivity index (χ3n) is 2.92. The van der Waals surface area contributed by atoms with E-state index >= 15 is 0 Å². The number of nitrogens with zero attached hydrogens (tertiary/aromatic N) is 1. The molecule has 1 aliphatic rings. The lowest BCUT2D eigenvalue weighted by molar-refractivity contribution is -0.122. The Hall–Kier alpha value is -1.26. The Morgan fingerprint density at radius 1 is 1.61 bits per heavy atom. The Bertz CT molecular complexity index is 450. The zero-order chi connectivity index (χ0) is 13.1. The molecule has 1 heterocycles.